The lowest BCUT2D eigenvalue weighted by atomic mass is 9.74. The summed E-state index contributed by atoms with van der Waals surface area (Å²) >= 11 is 0. The van der Waals surface area contributed by atoms with Crippen LogP contribution in [-0.2, 0) is 4.79 Å². The van der Waals surface area contributed by atoms with Gasteiger partial charge in [-0.25, -0.2) is 0 Å². The summed E-state index contributed by atoms with van der Waals surface area (Å²) in [4.78, 5) is 15.1. The van der Waals surface area contributed by atoms with Crippen LogP contribution in [0.3, 0.4) is 0 Å². The zero-order valence-electron chi connectivity index (χ0n) is 17.1. The summed E-state index contributed by atoms with van der Waals surface area (Å²) in [5.74, 6) is 0.147. The molecule has 0 fully saturated rings. The molecule has 1 atom stereocenters. The summed E-state index contributed by atoms with van der Waals surface area (Å²) in [5, 5.41) is 10.1. The first kappa shape index (κ1) is 19.0. The van der Waals surface area contributed by atoms with E-state index >= 15 is 0 Å². The standard InChI is InChI=1S/C25H25N3O/c1-15-7-10-18(11-8-15)28-21-5-4-6-22(29)24(21)23(20(14-26)25(28)27)19-12-9-16(2)13-17(19)3/h7-13,23H,4-6,27H2,1-3H3/t23-/m1/s1. The second-order valence-electron chi connectivity index (χ2n) is 8.01. The highest BCUT2D eigenvalue weighted by Crippen LogP contribution is 2.46. The molecule has 29 heavy (non-hydrogen) atoms. The molecular formula is C25H25N3O. The van der Waals surface area contributed by atoms with Crippen LogP contribution in [0.25, 0.3) is 0 Å². The predicted octanol–water partition coefficient (Wildman–Crippen LogP) is 4.92. The maximum Gasteiger partial charge on any atom is 0.161 e. The van der Waals surface area contributed by atoms with Gasteiger partial charge < -0.3 is 5.73 Å². The summed E-state index contributed by atoms with van der Waals surface area (Å²) in [6.45, 7) is 6.11. The van der Waals surface area contributed by atoms with E-state index in [0.717, 1.165) is 52.1 Å². The maximum absolute atomic E-state index is 13.1. The number of nitrogens with zero attached hydrogens (tertiary/aromatic N) is 2. The van der Waals surface area contributed by atoms with E-state index in [4.69, 9.17) is 5.73 Å². The second kappa shape index (κ2) is 7.25. The number of ketones is 1. The minimum Gasteiger partial charge on any atom is -0.384 e. The van der Waals surface area contributed by atoms with Crippen molar-refractivity contribution >= 4 is 11.5 Å². The summed E-state index contributed by atoms with van der Waals surface area (Å²) in [6.07, 6.45) is 2.09. The molecule has 4 heteroatoms. The number of carbonyl (C=O) groups is 1. The largest absolute Gasteiger partial charge is 0.384 e. The molecule has 0 amide bonds. The van der Waals surface area contributed by atoms with E-state index in [0.29, 0.717) is 17.8 Å². The lowest BCUT2D eigenvalue weighted by Gasteiger charge is -2.40. The van der Waals surface area contributed by atoms with Gasteiger partial charge in [0.2, 0.25) is 0 Å². The lowest BCUT2D eigenvalue weighted by Crippen LogP contribution is -2.38. The van der Waals surface area contributed by atoms with Crippen molar-refractivity contribution in [1.29, 1.82) is 5.26 Å². The number of benzene rings is 2. The highest BCUT2D eigenvalue weighted by molar-refractivity contribution is 6.01. The van der Waals surface area contributed by atoms with Crippen LogP contribution in [0, 0.1) is 32.1 Å². The Bertz CT molecular complexity index is 1100. The first-order chi connectivity index (χ1) is 13.9. The quantitative estimate of drug-likeness (QED) is 0.799. The Morgan fingerprint density at radius 1 is 1.03 bits per heavy atom. The number of nitriles is 1. The van der Waals surface area contributed by atoms with Gasteiger partial charge in [-0.1, -0.05) is 41.5 Å². The molecule has 0 unspecified atom stereocenters. The average molecular weight is 383 g/mol. The van der Waals surface area contributed by atoms with E-state index in [1.165, 1.54) is 0 Å². The van der Waals surface area contributed by atoms with Gasteiger partial charge in [-0.05, 0) is 56.9 Å². The molecule has 1 aliphatic heterocycles. The fourth-order valence-corrected chi connectivity index (χ4v) is 4.54. The molecule has 1 aliphatic carbocycles. The molecule has 0 spiro atoms. The summed E-state index contributed by atoms with van der Waals surface area (Å²) in [6, 6.07) is 16.5. The van der Waals surface area contributed by atoms with Crippen LogP contribution in [0.1, 0.15) is 47.4 Å². The Labute approximate surface area is 171 Å². The topological polar surface area (TPSA) is 70.1 Å². The summed E-state index contributed by atoms with van der Waals surface area (Å²) < 4.78 is 0. The molecule has 146 valence electrons. The third-order valence-corrected chi connectivity index (χ3v) is 5.94. The van der Waals surface area contributed by atoms with Crippen molar-refractivity contribution < 1.29 is 4.79 Å². The van der Waals surface area contributed by atoms with Crippen molar-refractivity contribution in [3.63, 3.8) is 0 Å². The number of aryl methyl sites for hydroxylation is 3. The van der Waals surface area contributed by atoms with Crippen LogP contribution in [0.4, 0.5) is 5.69 Å². The van der Waals surface area contributed by atoms with Crippen LogP contribution in [-0.4, -0.2) is 5.78 Å². The van der Waals surface area contributed by atoms with E-state index in [-0.39, 0.29) is 5.78 Å². The molecule has 2 N–H and O–H groups in total. The Hall–Kier alpha value is -3.32. The minimum absolute atomic E-state index is 0.119. The van der Waals surface area contributed by atoms with Gasteiger partial charge in [-0.2, -0.15) is 5.26 Å². The highest BCUT2D eigenvalue weighted by Gasteiger charge is 2.40. The van der Waals surface area contributed by atoms with Crippen LogP contribution in [0.2, 0.25) is 0 Å². The SMILES string of the molecule is Cc1ccc(N2C(N)=C(C#N)[C@@H](c3ccc(C)cc3C)C3=C2CCCC3=O)cc1. The smallest absolute Gasteiger partial charge is 0.161 e. The number of Topliss-reactive ketones (excluding diaryl/α,β-unsaturated/α-hetero) is 1. The molecule has 1 heterocycles. The highest BCUT2D eigenvalue weighted by atomic mass is 16.1. The Morgan fingerprint density at radius 2 is 1.72 bits per heavy atom. The molecule has 0 aromatic heterocycles. The normalized spacial score (nSPS) is 19.3. The molecule has 4 nitrogen and oxygen atoms in total. The molecular weight excluding hydrogens is 358 g/mol. The zero-order valence-corrected chi connectivity index (χ0v) is 17.1. The number of rotatable bonds is 2. The van der Waals surface area contributed by atoms with E-state index < -0.39 is 5.92 Å². The molecule has 0 bridgehead atoms. The number of nitrogens with two attached hydrogens (primary N) is 1. The Morgan fingerprint density at radius 3 is 2.38 bits per heavy atom. The molecule has 0 radical (unpaired) electrons. The lowest BCUT2D eigenvalue weighted by molar-refractivity contribution is -0.116. The molecule has 0 saturated carbocycles. The van der Waals surface area contributed by atoms with E-state index in [2.05, 4.69) is 12.1 Å². The predicted molar refractivity (Wildman–Crippen MR) is 115 cm³/mol. The second-order valence-corrected chi connectivity index (χ2v) is 8.01. The van der Waals surface area contributed by atoms with Crippen LogP contribution < -0.4 is 10.6 Å². The molecule has 2 aromatic carbocycles. The van der Waals surface area contributed by atoms with Gasteiger partial charge in [0.15, 0.2) is 5.78 Å². The molecule has 2 aliphatic rings. The molecule has 2 aromatic rings. The molecule has 0 saturated heterocycles. The zero-order chi connectivity index (χ0) is 20.7. The van der Waals surface area contributed by atoms with Crippen LogP contribution in [0.15, 0.2) is 65.1 Å². The Balaban J connectivity index is 1.98. The monoisotopic (exact) mass is 383 g/mol. The van der Waals surface area contributed by atoms with E-state index in [1.54, 1.807) is 0 Å². The fourth-order valence-electron chi connectivity index (χ4n) is 4.54. The van der Waals surface area contributed by atoms with Crippen molar-refractivity contribution in [1.82, 2.24) is 0 Å². The van der Waals surface area contributed by atoms with Crippen molar-refractivity contribution in [3.05, 3.63) is 87.4 Å². The summed E-state index contributed by atoms with van der Waals surface area (Å²) in [7, 11) is 0. The number of anilines is 1. The first-order valence-electron chi connectivity index (χ1n) is 10.0. The summed E-state index contributed by atoms with van der Waals surface area (Å²) in [5.41, 5.74) is 14.0. The average Bonchev–Trinajstić information content (AvgIpc) is 2.69. The number of hydrogen-bond donors (Lipinski definition) is 1. The van der Waals surface area contributed by atoms with Crippen LogP contribution >= 0.6 is 0 Å². The van der Waals surface area contributed by atoms with Crippen molar-refractivity contribution in [2.75, 3.05) is 4.90 Å². The van der Waals surface area contributed by atoms with Crippen molar-refractivity contribution in [2.45, 2.75) is 46.0 Å². The Kier molecular flexibility index (Phi) is 4.76. The van der Waals surface area contributed by atoms with Gasteiger partial charge >= 0.3 is 0 Å². The van der Waals surface area contributed by atoms with Gasteiger partial charge in [-0.3, -0.25) is 9.69 Å². The van der Waals surface area contributed by atoms with Crippen molar-refractivity contribution in [2.24, 2.45) is 5.73 Å². The van der Waals surface area contributed by atoms with Gasteiger partial charge in [-0.15, -0.1) is 0 Å². The third-order valence-electron chi connectivity index (χ3n) is 5.94. The van der Waals surface area contributed by atoms with Gasteiger partial charge in [0.1, 0.15) is 5.82 Å². The van der Waals surface area contributed by atoms with Gasteiger partial charge in [0.25, 0.3) is 0 Å². The van der Waals surface area contributed by atoms with Gasteiger partial charge in [0, 0.05) is 23.4 Å². The van der Waals surface area contributed by atoms with Gasteiger partial charge in [0.05, 0.1) is 17.6 Å². The minimum atomic E-state index is -0.398. The van der Waals surface area contributed by atoms with E-state index in [1.807, 2.05) is 62.1 Å². The number of hydrogen-bond acceptors (Lipinski definition) is 4. The number of allylic oxidation sites excluding steroid dienone is 3. The van der Waals surface area contributed by atoms with E-state index in [9.17, 15) is 10.1 Å². The third kappa shape index (κ3) is 3.13. The van der Waals surface area contributed by atoms with Crippen molar-refractivity contribution in [3.8, 4) is 6.07 Å². The molecule has 4 rings (SSSR count). The van der Waals surface area contributed by atoms with Crippen LogP contribution in [0.5, 0.6) is 0 Å². The fraction of sp³-hybridized carbons (Fsp3) is 0.280. The number of carbonyl (C=O) groups excluding carboxylic acids is 1. The first-order valence-corrected chi connectivity index (χ1v) is 10.0. The maximum atomic E-state index is 13.1.